The van der Waals surface area contributed by atoms with E-state index in [2.05, 4.69) is 29.8 Å². The lowest BCUT2D eigenvalue weighted by molar-refractivity contribution is -0.146. The highest BCUT2D eigenvalue weighted by Gasteiger charge is 2.37. The van der Waals surface area contributed by atoms with Gasteiger partial charge in [0.05, 0.1) is 0 Å². The van der Waals surface area contributed by atoms with Crippen molar-refractivity contribution in [1.82, 2.24) is 25.3 Å². The molecule has 80 valence electrons. The third-order valence-electron chi connectivity index (χ3n) is 1.38. The van der Waals surface area contributed by atoms with E-state index >= 15 is 0 Å². The molecule has 0 unspecified atom stereocenters. The second-order valence-electron chi connectivity index (χ2n) is 2.46. The fourth-order valence-electron chi connectivity index (χ4n) is 0.805. The van der Waals surface area contributed by atoms with Gasteiger partial charge < -0.3 is 10.3 Å². The first-order chi connectivity index (χ1) is 6.97. The predicted molar refractivity (Wildman–Crippen MR) is 39.1 cm³/mol. The molecule has 0 aliphatic carbocycles. The van der Waals surface area contributed by atoms with Crippen LogP contribution in [0.5, 0.6) is 0 Å². The van der Waals surface area contributed by atoms with E-state index < -0.39 is 17.9 Å². The van der Waals surface area contributed by atoms with Gasteiger partial charge in [-0.1, -0.05) is 5.16 Å². The van der Waals surface area contributed by atoms with Crippen molar-refractivity contribution in [3.63, 3.8) is 0 Å². The predicted octanol–water partition coefficient (Wildman–Crippen LogP) is 0.456. The van der Waals surface area contributed by atoms with E-state index in [4.69, 9.17) is 5.73 Å². The average molecular weight is 220 g/mol. The standard InChI is InChI=1S/C5H3F3N6O/c6-5(7,8)3-11-2(15-14-3)1-10-4(9)13-12-1/h(H3,9,10,12,13). The molecule has 2 heterocycles. The molecule has 2 aromatic rings. The van der Waals surface area contributed by atoms with Crippen LogP contribution in [0.2, 0.25) is 0 Å². The first-order valence-electron chi connectivity index (χ1n) is 3.56. The lowest BCUT2D eigenvalue weighted by atomic mass is 10.6. The van der Waals surface area contributed by atoms with Gasteiger partial charge in [-0.05, 0) is 0 Å². The number of H-pyrrole nitrogens is 1. The summed E-state index contributed by atoms with van der Waals surface area (Å²) in [6.07, 6.45) is -4.66. The second kappa shape index (κ2) is 2.93. The van der Waals surface area contributed by atoms with Gasteiger partial charge in [-0.25, -0.2) is 0 Å². The summed E-state index contributed by atoms with van der Waals surface area (Å²) < 4.78 is 40.5. The van der Waals surface area contributed by atoms with Crippen LogP contribution < -0.4 is 5.73 Å². The molecule has 15 heavy (non-hydrogen) atoms. The number of nitrogens with one attached hydrogen (secondary N) is 1. The highest BCUT2D eigenvalue weighted by atomic mass is 19.4. The quantitative estimate of drug-likeness (QED) is 0.722. The maximum atomic E-state index is 12.1. The Balaban J connectivity index is 2.36. The topological polar surface area (TPSA) is 107 Å². The van der Waals surface area contributed by atoms with Crippen LogP contribution in [-0.4, -0.2) is 25.3 Å². The van der Waals surface area contributed by atoms with Crippen LogP contribution in [0.25, 0.3) is 11.7 Å². The average Bonchev–Trinajstić information content (AvgIpc) is 2.69. The number of nitrogens with two attached hydrogens (primary N) is 1. The monoisotopic (exact) mass is 220 g/mol. The number of aromatic amines is 1. The molecule has 3 N–H and O–H groups in total. The molecule has 2 rings (SSSR count). The van der Waals surface area contributed by atoms with Gasteiger partial charge in [0.15, 0.2) is 0 Å². The van der Waals surface area contributed by atoms with Gasteiger partial charge in [0.1, 0.15) is 0 Å². The molecule has 0 aliphatic rings. The van der Waals surface area contributed by atoms with Crippen molar-refractivity contribution in [2.24, 2.45) is 0 Å². The number of hydrogen-bond donors (Lipinski definition) is 2. The van der Waals surface area contributed by atoms with Crippen LogP contribution in [0.4, 0.5) is 19.1 Å². The minimum Gasteiger partial charge on any atom is -0.366 e. The molecule has 0 fully saturated rings. The van der Waals surface area contributed by atoms with E-state index in [1.54, 1.807) is 0 Å². The normalized spacial score (nSPS) is 11.9. The minimum atomic E-state index is -4.66. The smallest absolute Gasteiger partial charge is 0.366 e. The van der Waals surface area contributed by atoms with E-state index in [1.807, 2.05) is 0 Å². The number of anilines is 1. The summed E-state index contributed by atoms with van der Waals surface area (Å²) in [5.41, 5.74) is 5.14. The number of alkyl halides is 3. The van der Waals surface area contributed by atoms with E-state index in [-0.39, 0.29) is 11.8 Å². The lowest BCUT2D eigenvalue weighted by Crippen LogP contribution is -2.07. The second-order valence-corrected chi connectivity index (χ2v) is 2.46. The Morgan fingerprint density at radius 3 is 2.47 bits per heavy atom. The third kappa shape index (κ3) is 1.73. The molecule has 0 saturated carbocycles. The molecule has 0 aliphatic heterocycles. The zero-order valence-corrected chi connectivity index (χ0v) is 6.91. The summed E-state index contributed by atoms with van der Waals surface area (Å²) in [6.45, 7) is 0. The van der Waals surface area contributed by atoms with Crippen LogP contribution in [0, 0.1) is 0 Å². The van der Waals surface area contributed by atoms with Crippen molar-refractivity contribution in [2.45, 2.75) is 6.18 Å². The summed E-state index contributed by atoms with van der Waals surface area (Å²) in [6, 6.07) is 0. The Bertz CT molecular complexity index is 473. The van der Waals surface area contributed by atoms with Crippen molar-refractivity contribution in [3.8, 4) is 11.7 Å². The van der Waals surface area contributed by atoms with Crippen LogP contribution >= 0.6 is 0 Å². The van der Waals surface area contributed by atoms with Gasteiger partial charge in [-0.15, -0.1) is 5.10 Å². The van der Waals surface area contributed by atoms with Crippen LogP contribution in [0.3, 0.4) is 0 Å². The van der Waals surface area contributed by atoms with Crippen LogP contribution in [0.15, 0.2) is 4.52 Å². The van der Waals surface area contributed by atoms with Crippen LogP contribution in [-0.2, 0) is 6.18 Å². The highest BCUT2D eigenvalue weighted by Crippen LogP contribution is 2.27. The summed E-state index contributed by atoms with van der Waals surface area (Å²) in [7, 11) is 0. The number of aromatic nitrogens is 5. The summed E-state index contributed by atoms with van der Waals surface area (Å²) in [5.74, 6) is -2.05. The first kappa shape index (κ1) is 9.43. The number of nitrogen functional groups attached to an aromatic ring is 1. The van der Waals surface area contributed by atoms with Gasteiger partial charge in [-0.2, -0.15) is 23.1 Å². The molecule has 0 aromatic carbocycles. The van der Waals surface area contributed by atoms with Gasteiger partial charge in [-0.3, -0.25) is 5.10 Å². The maximum absolute atomic E-state index is 12.1. The number of hydrogen-bond acceptors (Lipinski definition) is 6. The zero-order valence-electron chi connectivity index (χ0n) is 6.91. The molecular formula is C5H3F3N6O. The summed E-state index contributed by atoms with van der Waals surface area (Å²) in [5, 5.41) is 8.37. The molecule has 0 spiro atoms. The third-order valence-corrected chi connectivity index (χ3v) is 1.38. The Hall–Kier alpha value is -2.13. The number of halogens is 3. The molecular weight excluding hydrogens is 217 g/mol. The van der Waals surface area contributed by atoms with Gasteiger partial charge in [0, 0.05) is 0 Å². The molecule has 0 amide bonds. The van der Waals surface area contributed by atoms with Crippen molar-refractivity contribution in [2.75, 3.05) is 5.73 Å². The lowest BCUT2D eigenvalue weighted by Gasteiger charge is -1.95. The Labute approximate surface area is 79.5 Å². The van der Waals surface area contributed by atoms with Gasteiger partial charge >= 0.3 is 6.18 Å². The van der Waals surface area contributed by atoms with Gasteiger partial charge in [0.25, 0.3) is 11.7 Å². The SMILES string of the molecule is Nc1n[nH]c(-c2nc(C(F)(F)F)no2)n1. The van der Waals surface area contributed by atoms with E-state index in [1.165, 1.54) is 0 Å². The van der Waals surface area contributed by atoms with Crippen LogP contribution in [0.1, 0.15) is 5.82 Å². The summed E-state index contributed by atoms with van der Waals surface area (Å²) >= 11 is 0. The van der Waals surface area contributed by atoms with Gasteiger partial charge in [0.2, 0.25) is 11.8 Å². The molecule has 2 aromatic heterocycles. The molecule has 7 nitrogen and oxygen atoms in total. The fraction of sp³-hybridized carbons (Fsp3) is 0.200. The van der Waals surface area contributed by atoms with E-state index in [9.17, 15) is 13.2 Å². The van der Waals surface area contributed by atoms with Crippen molar-refractivity contribution in [3.05, 3.63) is 5.82 Å². The maximum Gasteiger partial charge on any atom is 0.455 e. The van der Waals surface area contributed by atoms with Crippen molar-refractivity contribution >= 4 is 5.95 Å². The largest absolute Gasteiger partial charge is 0.455 e. The molecule has 0 bridgehead atoms. The van der Waals surface area contributed by atoms with Crippen molar-refractivity contribution in [1.29, 1.82) is 0 Å². The molecule has 0 radical (unpaired) electrons. The Morgan fingerprint density at radius 2 is 2.00 bits per heavy atom. The number of rotatable bonds is 1. The zero-order chi connectivity index (χ0) is 11.1. The summed E-state index contributed by atoms with van der Waals surface area (Å²) in [4.78, 5) is 6.60. The van der Waals surface area contributed by atoms with E-state index in [0.717, 1.165) is 0 Å². The molecule has 10 heteroatoms. The number of nitrogens with zero attached hydrogens (tertiary/aromatic N) is 4. The minimum absolute atomic E-state index is 0.115. The molecule has 0 atom stereocenters. The highest BCUT2D eigenvalue weighted by molar-refractivity contribution is 5.41. The van der Waals surface area contributed by atoms with Crippen molar-refractivity contribution < 1.29 is 17.7 Å². The Kier molecular flexibility index (Phi) is 1.84. The molecule has 0 saturated heterocycles. The van der Waals surface area contributed by atoms with E-state index in [0.29, 0.717) is 0 Å². The Morgan fingerprint density at radius 1 is 1.27 bits per heavy atom. The fourth-order valence-corrected chi connectivity index (χ4v) is 0.805. The first-order valence-corrected chi connectivity index (χ1v) is 3.56.